The van der Waals surface area contributed by atoms with Crippen molar-refractivity contribution < 1.29 is 19.1 Å². The van der Waals surface area contributed by atoms with Gasteiger partial charge in [-0.05, 0) is 62.4 Å². The Kier molecular flexibility index (Phi) is 18.1. The third kappa shape index (κ3) is 12.9. The zero-order chi connectivity index (χ0) is 28.3. The minimum absolute atomic E-state index is 0.0307. The molecule has 1 atom stereocenters. The van der Waals surface area contributed by atoms with E-state index in [0.717, 1.165) is 13.0 Å². The van der Waals surface area contributed by atoms with E-state index in [1.165, 1.54) is 47.9 Å². The van der Waals surface area contributed by atoms with Crippen molar-refractivity contribution in [2.24, 2.45) is 11.7 Å². The minimum Gasteiger partial charge on any atom is -0.464 e. The van der Waals surface area contributed by atoms with Crippen LogP contribution in [-0.2, 0) is 19.1 Å². The number of hydrogen-bond donors (Lipinski definition) is 1. The summed E-state index contributed by atoms with van der Waals surface area (Å²) in [4.78, 5) is 21.5. The molecule has 2 aromatic rings. The molecule has 1 unspecified atom stereocenters. The second-order valence-electron chi connectivity index (χ2n) is 9.84. The van der Waals surface area contributed by atoms with Crippen LogP contribution in [0.4, 0.5) is 0 Å². The summed E-state index contributed by atoms with van der Waals surface area (Å²) < 4.78 is 10.1. The highest BCUT2D eigenvalue weighted by molar-refractivity contribution is 5.79. The van der Waals surface area contributed by atoms with Gasteiger partial charge in [-0.3, -0.25) is 9.59 Å². The predicted octanol–water partition coefficient (Wildman–Crippen LogP) is 7.90. The van der Waals surface area contributed by atoms with Crippen LogP contribution in [-0.4, -0.2) is 31.2 Å². The number of hydrogen-bond acceptors (Lipinski definition) is 5. The molecule has 0 saturated carbocycles. The Morgan fingerprint density at radius 3 is 1.84 bits per heavy atom. The zero-order valence-corrected chi connectivity index (χ0v) is 24.5. The molecule has 0 radical (unpaired) electrons. The molecule has 0 spiro atoms. The van der Waals surface area contributed by atoms with E-state index in [1.54, 1.807) is 0 Å². The first kappa shape index (κ1) is 34.3. The van der Waals surface area contributed by atoms with Crippen LogP contribution in [0.5, 0.6) is 0 Å². The first-order valence-electron chi connectivity index (χ1n) is 13.9. The lowest BCUT2D eigenvalue weighted by Gasteiger charge is -2.16. The van der Waals surface area contributed by atoms with Gasteiger partial charge < -0.3 is 15.2 Å². The number of benzene rings is 2. The van der Waals surface area contributed by atoms with Crippen molar-refractivity contribution in [1.29, 1.82) is 0 Å². The van der Waals surface area contributed by atoms with Gasteiger partial charge >= 0.3 is 5.97 Å². The Bertz CT molecular complexity index is 839. The Balaban J connectivity index is 0.000000672. The maximum Gasteiger partial charge on any atom is 0.308 e. The molecule has 2 aromatic carbocycles. The number of ether oxygens (including phenoxy) is 2. The van der Waals surface area contributed by atoms with Crippen molar-refractivity contribution in [2.45, 2.75) is 99.0 Å². The smallest absolute Gasteiger partial charge is 0.308 e. The summed E-state index contributed by atoms with van der Waals surface area (Å²) in [5.41, 5.74) is 9.99. The van der Waals surface area contributed by atoms with Crippen LogP contribution in [0.15, 0.2) is 48.5 Å². The van der Waals surface area contributed by atoms with Gasteiger partial charge in [0.1, 0.15) is 12.2 Å². The summed E-state index contributed by atoms with van der Waals surface area (Å²) in [5.74, 6) is 0.0293. The van der Waals surface area contributed by atoms with Gasteiger partial charge in [-0.2, -0.15) is 0 Å². The maximum atomic E-state index is 11.9. The third-order valence-corrected chi connectivity index (χ3v) is 5.83. The average Bonchev–Trinajstić information content (AvgIpc) is 3.22. The normalized spacial score (nSPS) is 12.1. The molecule has 0 saturated heterocycles. The topological polar surface area (TPSA) is 78.6 Å². The van der Waals surface area contributed by atoms with Crippen LogP contribution in [0.3, 0.4) is 0 Å². The van der Waals surface area contributed by atoms with Crippen LogP contribution in [0.25, 0.3) is 11.1 Å². The van der Waals surface area contributed by atoms with Crippen molar-refractivity contribution in [3.8, 4) is 11.1 Å². The molecular weight excluding hydrogens is 462 g/mol. The first-order valence-corrected chi connectivity index (χ1v) is 13.9. The highest BCUT2D eigenvalue weighted by atomic mass is 16.5. The molecule has 0 bridgehead atoms. The standard InChI is InChI=1S/C19H20O2.C6H15N.C5H10O2.C2H6/c1-3-13(2)19(20)21-12-18-16-10-6-4-8-14(16)15-9-5-7-11-17(15)18;1-2-3-4-5-6-7;1-5(2,3)7-4-6;1-2/h4-11,13,18H,3,12H2,1-2H3;2-7H2,1H3;4H,1-3H3;1-2H3. The average molecular weight is 514 g/mol. The fourth-order valence-corrected chi connectivity index (χ4v) is 3.63. The van der Waals surface area contributed by atoms with Gasteiger partial charge in [0, 0.05) is 5.92 Å². The molecule has 0 amide bonds. The first-order chi connectivity index (χ1) is 17.7. The zero-order valence-electron chi connectivity index (χ0n) is 24.5. The van der Waals surface area contributed by atoms with Gasteiger partial charge in [0.25, 0.3) is 6.47 Å². The second-order valence-corrected chi connectivity index (χ2v) is 9.84. The quantitative estimate of drug-likeness (QED) is 0.209. The van der Waals surface area contributed by atoms with Crippen molar-refractivity contribution in [2.75, 3.05) is 13.2 Å². The van der Waals surface area contributed by atoms with Gasteiger partial charge in [0.2, 0.25) is 0 Å². The number of carbonyl (C=O) groups excluding carboxylic acids is 2. The molecular formula is C32H51NO4. The summed E-state index contributed by atoms with van der Waals surface area (Å²) in [6.45, 7) is 17.3. The molecule has 37 heavy (non-hydrogen) atoms. The molecule has 5 heteroatoms. The van der Waals surface area contributed by atoms with Crippen molar-refractivity contribution in [3.05, 3.63) is 59.7 Å². The highest BCUT2D eigenvalue weighted by Gasteiger charge is 2.29. The number of rotatable bonds is 9. The van der Waals surface area contributed by atoms with Crippen LogP contribution in [0, 0.1) is 5.92 Å². The molecule has 3 rings (SSSR count). The Hall–Kier alpha value is -2.66. The molecule has 1 aliphatic rings. The highest BCUT2D eigenvalue weighted by Crippen LogP contribution is 2.44. The summed E-state index contributed by atoms with van der Waals surface area (Å²) in [5, 5.41) is 0. The monoisotopic (exact) mass is 513 g/mol. The van der Waals surface area contributed by atoms with E-state index in [-0.39, 0.29) is 23.4 Å². The van der Waals surface area contributed by atoms with E-state index in [0.29, 0.717) is 13.1 Å². The molecule has 0 heterocycles. The van der Waals surface area contributed by atoms with E-state index in [4.69, 9.17) is 10.5 Å². The molecule has 2 N–H and O–H groups in total. The van der Waals surface area contributed by atoms with Crippen molar-refractivity contribution in [3.63, 3.8) is 0 Å². The fraction of sp³-hybridized carbons (Fsp3) is 0.562. The summed E-state index contributed by atoms with van der Waals surface area (Å²) in [7, 11) is 0. The summed E-state index contributed by atoms with van der Waals surface area (Å²) in [6.07, 6.45) is 5.98. The van der Waals surface area contributed by atoms with E-state index in [1.807, 2.05) is 60.6 Å². The second kappa shape index (κ2) is 19.5. The number of esters is 1. The van der Waals surface area contributed by atoms with Gasteiger partial charge in [0.15, 0.2) is 0 Å². The third-order valence-electron chi connectivity index (χ3n) is 5.83. The number of carbonyl (C=O) groups is 2. The number of unbranched alkanes of at least 4 members (excludes halogenated alkanes) is 3. The largest absolute Gasteiger partial charge is 0.464 e. The van der Waals surface area contributed by atoms with Crippen molar-refractivity contribution in [1.82, 2.24) is 0 Å². The number of fused-ring (bicyclic) bond motifs is 3. The molecule has 0 fully saturated rings. The Morgan fingerprint density at radius 1 is 0.946 bits per heavy atom. The Labute approximate surface area is 226 Å². The van der Waals surface area contributed by atoms with Gasteiger partial charge in [0.05, 0.1) is 5.92 Å². The van der Waals surface area contributed by atoms with Gasteiger partial charge in [-0.25, -0.2) is 0 Å². The fourth-order valence-electron chi connectivity index (χ4n) is 3.63. The van der Waals surface area contributed by atoms with Crippen LogP contribution in [0.1, 0.15) is 105 Å². The van der Waals surface area contributed by atoms with Crippen LogP contribution < -0.4 is 5.73 Å². The van der Waals surface area contributed by atoms with Gasteiger partial charge in [-0.15, -0.1) is 0 Å². The molecule has 0 aromatic heterocycles. The molecule has 1 aliphatic carbocycles. The van der Waals surface area contributed by atoms with E-state index in [2.05, 4.69) is 48.1 Å². The van der Waals surface area contributed by atoms with E-state index in [9.17, 15) is 9.59 Å². The lowest BCUT2D eigenvalue weighted by Crippen LogP contribution is -2.18. The maximum absolute atomic E-state index is 11.9. The molecule has 0 aliphatic heterocycles. The van der Waals surface area contributed by atoms with E-state index >= 15 is 0 Å². The van der Waals surface area contributed by atoms with Crippen molar-refractivity contribution >= 4 is 12.4 Å². The summed E-state index contributed by atoms with van der Waals surface area (Å²) >= 11 is 0. The van der Waals surface area contributed by atoms with E-state index < -0.39 is 0 Å². The van der Waals surface area contributed by atoms with Crippen LogP contribution in [0.2, 0.25) is 0 Å². The SMILES string of the molecule is CC.CC(C)(C)OC=O.CCC(C)C(=O)OCC1c2ccccc2-c2ccccc21.CCCCCCN. The number of nitrogens with two attached hydrogens (primary N) is 1. The molecule has 5 nitrogen and oxygen atoms in total. The van der Waals surface area contributed by atoms with Crippen LogP contribution >= 0.6 is 0 Å². The lowest BCUT2D eigenvalue weighted by atomic mass is 9.98. The minimum atomic E-state index is -0.318. The van der Waals surface area contributed by atoms with Gasteiger partial charge in [-0.1, -0.05) is 102 Å². The molecule has 208 valence electrons. The lowest BCUT2D eigenvalue weighted by molar-refractivity contribution is -0.148. The predicted molar refractivity (Wildman–Crippen MR) is 156 cm³/mol. The Morgan fingerprint density at radius 2 is 1.46 bits per heavy atom. The summed E-state index contributed by atoms with van der Waals surface area (Å²) in [6, 6.07) is 16.8.